The van der Waals surface area contributed by atoms with Crippen LogP contribution in [0.3, 0.4) is 0 Å². The van der Waals surface area contributed by atoms with Gasteiger partial charge in [0, 0.05) is 5.38 Å². The molecule has 0 amide bonds. The molecule has 1 aliphatic carbocycles. The van der Waals surface area contributed by atoms with Gasteiger partial charge in [-0.2, -0.15) is 0 Å². The topological polar surface area (TPSA) is 0 Å². The molecule has 2 rings (SSSR count). The van der Waals surface area contributed by atoms with E-state index >= 15 is 0 Å². The van der Waals surface area contributed by atoms with Gasteiger partial charge >= 0.3 is 0 Å². The first-order valence-corrected chi connectivity index (χ1v) is 5.76. The van der Waals surface area contributed by atoms with Crippen molar-refractivity contribution in [1.82, 2.24) is 0 Å². The first kappa shape index (κ1) is 10.0. The van der Waals surface area contributed by atoms with Crippen molar-refractivity contribution in [3.63, 3.8) is 0 Å². The summed E-state index contributed by atoms with van der Waals surface area (Å²) in [5.74, 6) is 0. The number of benzene rings is 1. The Morgan fingerprint density at radius 3 is 2.29 bits per heavy atom. The van der Waals surface area contributed by atoms with E-state index in [1.165, 1.54) is 24.0 Å². The lowest BCUT2D eigenvalue weighted by molar-refractivity contribution is 0.496. The van der Waals surface area contributed by atoms with Gasteiger partial charge in [0.2, 0.25) is 0 Å². The van der Waals surface area contributed by atoms with Crippen LogP contribution in [0.4, 0.5) is 0 Å². The van der Waals surface area contributed by atoms with Gasteiger partial charge in [0.1, 0.15) is 0 Å². The predicted octanol–water partition coefficient (Wildman–Crippen LogP) is 3.95. The third-order valence-corrected chi connectivity index (χ3v) is 3.88. The van der Waals surface area contributed by atoms with Crippen molar-refractivity contribution in [2.24, 2.45) is 5.41 Å². The van der Waals surface area contributed by atoms with Crippen LogP contribution in [0.15, 0.2) is 24.3 Å². The van der Waals surface area contributed by atoms with Gasteiger partial charge in [0.25, 0.3) is 0 Å². The summed E-state index contributed by atoms with van der Waals surface area (Å²) in [5.41, 5.74) is 3.18. The average molecular weight is 209 g/mol. The highest BCUT2D eigenvalue weighted by Gasteiger charge is 2.46. The van der Waals surface area contributed by atoms with E-state index in [1.807, 2.05) is 0 Å². The molecule has 0 heterocycles. The summed E-state index contributed by atoms with van der Waals surface area (Å²) in [5, 5.41) is 0.309. The van der Waals surface area contributed by atoms with Crippen LogP contribution in [0.5, 0.6) is 0 Å². The van der Waals surface area contributed by atoms with Gasteiger partial charge < -0.3 is 0 Å². The van der Waals surface area contributed by atoms with Crippen molar-refractivity contribution in [3.8, 4) is 0 Å². The van der Waals surface area contributed by atoms with E-state index in [0.717, 1.165) is 6.42 Å². The van der Waals surface area contributed by atoms with E-state index in [9.17, 15) is 0 Å². The zero-order valence-electron chi connectivity index (χ0n) is 8.89. The zero-order chi connectivity index (χ0) is 10.2. The molecule has 1 heteroatoms. The summed E-state index contributed by atoms with van der Waals surface area (Å²) in [4.78, 5) is 0. The first-order valence-electron chi connectivity index (χ1n) is 5.32. The van der Waals surface area contributed by atoms with Gasteiger partial charge in [0.05, 0.1) is 0 Å². The molecule has 0 nitrogen and oxygen atoms in total. The van der Waals surface area contributed by atoms with Gasteiger partial charge in [-0.3, -0.25) is 0 Å². The van der Waals surface area contributed by atoms with E-state index in [-0.39, 0.29) is 0 Å². The number of alkyl halides is 1. The minimum atomic E-state index is 0.309. The van der Waals surface area contributed by atoms with Crippen molar-refractivity contribution in [1.29, 1.82) is 0 Å². The Bertz CT molecular complexity index is 307. The van der Waals surface area contributed by atoms with Crippen LogP contribution in [0, 0.1) is 12.3 Å². The van der Waals surface area contributed by atoms with E-state index in [1.54, 1.807) is 0 Å². The Kier molecular flexibility index (Phi) is 2.57. The average Bonchev–Trinajstić information content (AvgIpc) is 2.90. The van der Waals surface area contributed by atoms with Gasteiger partial charge in [0.15, 0.2) is 0 Å². The second kappa shape index (κ2) is 3.58. The lowest BCUT2D eigenvalue weighted by atomic mass is 9.93. The molecule has 1 unspecified atom stereocenters. The summed E-state index contributed by atoms with van der Waals surface area (Å²) in [6.45, 7) is 4.25. The smallest absolute Gasteiger partial charge is 0.0367 e. The molecule has 1 aliphatic rings. The summed E-state index contributed by atoms with van der Waals surface area (Å²) < 4.78 is 0. The van der Waals surface area contributed by atoms with Crippen LogP contribution in [-0.2, 0) is 6.42 Å². The van der Waals surface area contributed by atoms with Crippen molar-refractivity contribution in [2.75, 3.05) is 0 Å². The molecule has 1 fully saturated rings. The maximum atomic E-state index is 6.21. The molecule has 0 bridgehead atoms. The molecule has 0 spiro atoms. The number of rotatable bonds is 3. The predicted molar refractivity (Wildman–Crippen MR) is 61.9 cm³/mol. The van der Waals surface area contributed by atoms with Crippen LogP contribution in [0.1, 0.15) is 30.9 Å². The van der Waals surface area contributed by atoms with Gasteiger partial charge in [-0.15, -0.1) is 11.6 Å². The second-order valence-corrected chi connectivity index (χ2v) is 5.30. The standard InChI is InChI=1S/C13H17Cl/c1-10-3-5-12(6-4-10)9-13(7-8-13)11(2)14/h3-6,11H,7-9H2,1-2H3. The lowest BCUT2D eigenvalue weighted by Gasteiger charge is -2.17. The van der Waals surface area contributed by atoms with Gasteiger partial charge in [-0.05, 0) is 44.1 Å². The molecular weight excluding hydrogens is 192 g/mol. The van der Waals surface area contributed by atoms with Crippen molar-refractivity contribution >= 4 is 11.6 Å². The SMILES string of the molecule is Cc1ccc(CC2(C(C)Cl)CC2)cc1. The molecule has 76 valence electrons. The highest BCUT2D eigenvalue weighted by molar-refractivity contribution is 6.21. The number of hydrogen-bond donors (Lipinski definition) is 0. The highest BCUT2D eigenvalue weighted by Crippen LogP contribution is 2.53. The molecule has 0 saturated heterocycles. The Labute approximate surface area is 91.3 Å². The van der Waals surface area contributed by atoms with Gasteiger partial charge in [-0.1, -0.05) is 29.8 Å². The first-order chi connectivity index (χ1) is 6.62. The summed E-state index contributed by atoms with van der Waals surface area (Å²) in [6.07, 6.45) is 3.75. The van der Waals surface area contributed by atoms with E-state index in [2.05, 4.69) is 38.1 Å². The highest BCUT2D eigenvalue weighted by atomic mass is 35.5. The number of halogens is 1. The van der Waals surface area contributed by atoms with Gasteiger partial charge in [-0.25, -0.2) is 0 Å². The summed E-state index contributed by atoms with van der Waals surface area (Å²) in [6, 6.07) is 8.83. The van der Waals surface area contributed by atoms with Crippen LogP contribution in [0.25, 0.3) is 0 Å². The van der Waals surface area contributed by atoms with Crippen LogP contribution < -0.4 is 0 Å². The maximum Gasteiger partial charge on any atom is 0.0367 e. The molecule has 1 aromatic rings. The fourth-order valence-corrected chi connectivity index (χ4v) is 2.28. The maximum absolute atomic E-state index is 6.21. The third kappa shape index (κ3) is 1.95. The Hall–Kier alpha value is -0.490. The summed E-state index contributed by atoms with van der Waals surface area (Å²) in [7, 11) is 0. The van der Waals surface area contributed by atoms with Crippen LogP contribution in [-0.4, -0.2) is 5.38 Å². The monoisotopic (exact) mass is 208 g/mol. The normalized spacial score (nSPS) is 20.5. The molecule has 0 aliphatic heterocycles. The van der Waals surface area contributed by atoms with Crippen molar-refractivity contribution < 1.29 is 0 Å². The molecule has 0 aromatic heterocycles. The second-order valence-electron chi connectivity index (χ2n) is 4.64. The van der Waals surface area contributed by atoms with Crippen molar-refractivity contribution in [3.05, 3.63) is 35.4 Å². The molecule has 1 saturated carbocycles. The fourth-order valence-electron chi connectivity index (χ4n) is 1.99. The zero-order valence-corrected chi connectivity index (χ0v) is 9.64. The third-order valence-electron chi connectivity index (χ3n) is 3.41. The minimum Gasteiger partial charge on any atom is -0.123 e. The Morgan fingerprint density at radius 2 is 1.86 bits per heavy atom. The molecule has 0 radical (unpaired) electrons. The number of aryl methyl sites for hydroxylation is 1. The van der Waals surface area contributed by atoms with Crippen LogP contribution >= 0.6 is 11.6 Å². The fraction of sp³-hybridized carbons (Fsp3) is 0.538. The van der Waals surface area contributed by atoms with E-state index in [4.69, 9.17) is 11.6 Å². The largest absolute Gasteiger partial charge is 0.123 e. The summed E-state index contributed by atoms with van der Waals surface area (Å²) >= 11 is 6.21. The molecule has 1 aromatic carbocycles. The van der Waals surface area contributed by atoms with Crippen molar-refractivity contribution in [2.45, 2.75) is 38.5 Å². The minimum absolute atomic E-state index is 0.309. The quantitative estimate of drug-likeness (QED) is 0.660. The molecule has 14 heavy (non-hydrogen) atoms. The Morgan fingerprint density at radius 1 is 1.29 bits per heavy atom. The van der Waals surface area contributed by atoms with E-state index in [0.29, 0.717) is 10.8 Å². The number of hydrogen-bond acceptors (Lipinski definition) is 0. The molecule has 0 N–H and O–H groups in total. The lowest BCUT2D eigenvalue weighted by Crippen LogP contribution is -2.15. The Balaban J connectivity index is 2.08. The van der Waals surface area contributed by atoms with E-state index < -0.39 is 0 Å². The molecular formula is C13H17Cl. The molecule has 1 atom stereocenters. The van der Waals surface area contributed by atoms with Crippen LogP contribution in [0.2, 0.25) is 0 Å².